The third-order valence-electron chi connectivity index (χ3n) is 2.66. The van der Waals surface area contributed by atoms with Gasteiger partial charge in [-0.05, 0) is 29.4 Å². The molecule has 2 rings (SSSR count). The van der Waals surface area contributed by atoms with E-state index >= 15 is 0 Å². The van der Waals surface area contributed by atoms with Crippen molar-refractivity contribution in [2.24, 2.45) is 5.16 Å². The minimum Gasteiger partial charge on any atom is -0.294 e. The van der Waals surface area contributed by atoms with E-state index in [1.54, 1.807) is 24.3 Å². The second kappa shape index (κ2) is 6.54. The molecule has 0 aliphatic heterocycles. The monoisotopic (exact) mass is 257 g/mol. The van der Waals surface area contributed by atoms with Crippen LogP contribution in [0, 0.1) is 0 Å². The number of rotatable bonds is 5. The average Bonchev–Trinajstić information content (AvgIpc) is 2.48. The van der Waals surface area contributed by atoms with Gasteiger partial charge >= 0.3 is 0 Å². The molecule has 0 radical (unpaired) electrons. The van der Waals surface area contributed by atoms with Crippen LogP contribution in [0.25, 0.3) is 0 Å². The summed E-state index contributed by atoms with van der Waals surface area (Å²) in [6.45, 7) is 1.84. The summed E-state index contributed by atoms with van der Waals surface area (Å²) in [5, 5.41) is 3.85. The Labute approximate surface area is 111 Å². The minimum atomic E-state index is 0.136. The third kappa shape index (κ3) is 3.81. The van der Waals surface area contributed by atoms with Crippen molar-refractivity contribution in [3.8, 4) is 5.75 Å². The summed E-state index contributed by atoms with van der Waals surface area (Å²) in [6, 6.07) is 9.12. The molecule has 1 aromatic carbocycles. The number of ketones is 1. The van der Waals surface area contributed by atoms with Crippen LogP contribution < -0.4 is 4.89 Å². The molecular weight excluding hydrogens is 242 g/mol. The molecule has 0 N–H and O–H groups in total. The highest BCUT2D eigenvalue weighted by atomic mass is 17.3. The average molecular weight is 257 g/mol. The van der Waals surface area contributed by atoms with Gasteiger partial charge in [0.2, 0.25) is 0 Å². The third-order valence-corrected chi connectivity index (χ3v) is 2.66. The molecule has 0 fully saturated rings. The Morgan fingerprint density at radius 2 is 2.05 bits per heavy atom. The quantitative estimate of drug-likeness (QED) is 0.601. The SMILES string of the molecule is CCC(=O)C1=CCC(=NOOc2ccccc2)C=C1. The van der Waals surface area contributed by atoms with Gasteiger partial charge in [0, 0.05) is 18.4 Å². The number of hydrogen-bond donors (Lipinski definition) is 0. The first kappa shape index (κ1) is 13.1. The number of oxime groups is 1. The first-order valence-corrected chi connectivity index (χ1v) is 6.16. The normalized spacial score (nSPS) is 16.1. The van der Waals surface area contributed by atoms with Gasteiger partial charge < -0.3 is 0 Å². The Morgan fingerprint density at radius 1 is 1.26 bits per heavy atom. The molecule has 98 valence electrons. The Bertz CT molecular complexity index is 530. The maximum Gasteiger partial charge on any atom is 0.181 e. The predicted molar refractivity (Wildman–Crippen MR) is 72.7 cm³/mol. The Balaban J connectivity index is 1.85. The van der Waals surface area contributed by atoms with Crippen molar-refractivity contribution in [3.63, 3.8) is 0 Å². The first-order chi connectivity index (χ1) is 9.29. The van der Waals surface area contributed by atoms with Crippen LogP contribution in [0.3, 0.4) is 0 Å². The van der Waals surface area contributed by atoms with Gasteiger partial charge in [0.25, 0.3) is 0 Å². The van der Waals surface area contributed by atoms with E-state index < -0.39 is 0 Å². The number of carbonyl (C=O) groups excluding carboxylic acids is 1. The minimum absolute atomic E-state index is 0.136. The molecule has 0 saturated heterocycles. The molecule has 0 heterocycles. The van der Waals surface area contributed by atoms with Gasteiger partial charge in [0.15, 0.2) is 11.5 Å². The molecule has 1 aliphatic rings. The second-order valence-electron chi connectivity index (χ2n) is 4.03. The molecular formula is C15H15NO3. The number of Topliss-reactive ketones (excluding diaryl/α,β-unsaturated/α-hetero) is 1. The summed E-state index contributed by atoms with van der Waals surface area (Å²) in [5.41, 5.74) is 1.44. The van der Waals surface area contributed by atoms with Gasteiger partial charge in [0.05, 0.1) is 5.71 Å². The molecule has 4 heteroatoms. The molecule has 0 aromatic heterocycles. The molecule has 0 atom stereocenters. The summed E-state index contributed by atoms with van der Waals surface area (Å²) < 4.78 is 0. The molecule has 4 nitrogen and oxygen atoms in total. The Morgan fingerprint density at radius 3 is 2.68 bits per heavy atom. The molecule has 0 amide bonds. The Kier molecular flexibility index (Phi) is 4.50. The highest BCUT2D eigenvalue weighted by Gasteiger charge is 2.08. The van der Waals surface area contributed by atoms with Crippen LogP contribution in [0.2, 0.25) is 0 Å². The molecule has 0 unspecified atom stereocenters. The molecule has 0 spiro atoms. The van der Waals surface area contributed by atoms with E-state index in [0.29, 0.717) is 24.3 Å². The zero-order valence-electron chi connectivity index (χ0n) is 10.7. The summed E-state index contributed by atoms with van der Waals surface area (Å²) in [7, 11) is 0. The molecule has 0 bridgehead atoms. The van der Waals surface area contributed by atoms with Crippen molar-refractivity contribution >= 4 is 11.5 Å². The lowest BCUT2D eigenvalue weighted by molar-refractivity contribution is -0.207. The van der Waals surface area contributed by atoms with Crippen LogP contribution in [0.5, 0.6) is 5.75 Å². The standard InChI is InChI=1S/C15H15NO3/c1-2-15(17)12-8-10-13(11-9-12)16-19-18-14-6-4-3-5-7-14/h3-10H,2,11H2,1H3. The van der Waals surface area contributed by atoms with Gasteiger partial charge in [0.1, 0.15) is 0 Å². The highest BCUT2D eigenvalue weighted by Crippen LogP contribution is 2.12. The summed E-state index contributed by atoms with van der Waals surface area (Å²) >= 11 is 0. The van der Waals surface area contributed by atoms with Crippen LogP contribution in [-0.2, 0) is 9.78 Å². The summed E-state index contributed by atoms with van der Waals surface area (Å²) in [4.78, 5) is 21.3. The van der Waals surface area contributed by atoms with Crippen LogP contribution in [-0.4, -0.2) is 11.5 Å². The van der Waals surface area contributed by atoms with Crippen molar-refractivity contribution in [1.82, 2.24) is 0 Å². The van der Waals surface area contributed by atoms with E-state index in [-0.39, 0.29) is 5.78 Å². The predicted octanol–water partition coefficient (Wildman–Crippen LogP) is 3.22. The van der Waals surface area contributed by atoms with Gasteiger partial charge in [-0.1, -0.05) is 31.2 Å². The summed E-state index contributed by atoms with van der Waals surface area (Å²) in [5.74, 6) is 0.723. The lowest BCUT2D eigenvalue weighted by atomic mass is 10.0. The van der Waals surface area contributed by atoms with Crippen molar-refractivity contribution in [3.05, 3.63) is 54.1 Å². The van der Waals surface area contributed by atoms with Crippen molar-refractivity contribution in [2.45, 2.75) is 19.8 Å². The fourth-order valence-electron chi connectivity index (χ4n) is 1.60. The number of nitrogens with zero attached hydrogens (tertiary/aromatic N) is 1. The largest absolute Gasteiger partial charge is 0.294 e. The molecule has 0 saturated carbocycles. The number of hydrogen-bond acceptors (Lipinski definition) is 4. The van der Waals surface area contributed by atoms with Crippen LogP contribution in [0.15, 0.2) is 59.3 Å². The number of allylic oxidation sites excluding steroid dienone is 4. The van der Waals surface area contributed by atoms with E-state index in [0.717, 1.165) is 5.57 Å². The van der Waals surface area contributed by atoms with Crippen molar-refractivity contribution in [2.75, 3.05) is 0 Å². The van der Waals surface area contributed by atoms with E-state index in [4.69, 9.17) is 9.88 Å². The lowest BCUT2D eigenvalue weighted by Gasteiger charge is -2.06. The Hall–Kier alpha value is -2.36. The second-order valence-corrected chi connectivity index (χ2v) is 4.03. The molecule has 19 heavy (non-hydrogen) atoms. The van der Waals surface area contributed by atoms with Crippen LogP contribution in [0.4, 0.5) is 0 Å². The zero-order chi connectivity index (χ0) is 13.5. The number of carbonyl (C=O) groups is 1. The lowest BCUT2D eigenvalue weighted by Crippen LogP contribution is -2.06. The fourth-order valence-corrected chi connectivity index (χ4v) is 1.60. The summed E-state index contributed by atoms with van der Waals surface area (Å²) in [6.07, 6.45) is 6.43. The number of para-hydroxylation sites is 1. The van der Waals surface area contributed by atoms with Crippen LogP contribution >= 0.6 is 0 Å². The maximum atomic E-state index is 11.5. The molecule has 1 aromatic rings. The van der Waals surface area contributed by atoms with E-state index in [2.05, 4.69) is 5.16 Å². The zero-order valence-corrected chi connectivity index (χ0v) is 10.7. The van der Waals surface area contributed by atoms with Gasteiger partial charge in [-0.25, -0.2) is 0 Å². The topological polar surface area (TPSA) is 47.9 Å². The van der Waals surface area contributed by atoms with E-state index in [1.807, 2.05) is 31.2 Å². The number of benzene rings is 1. The van der Waals surface area contributed by atoms with E-state index in [1.165, 1.54) is 0 Å². The van der Waals surface area contributed by atoms with Gasteiger partial charge in [-0.3, -0.25) is 9.68 Å². The fraction of sp³-hybridized carbons (Fsp3) is 0.200. The maximum absolute atomic E-state index is 11.5. The van der Waals surface area contributed by atoms with Gasteiger partial charge in [-0.2, -0.15) is 4.99 Å². The van der Waals surface area contributed by atoms with Crippen molar-refractivity contribution < 1.29 is 14.7 Å². The van der Waals surface area contributed by atoms with Gasteiger partial charge in [-0.15, -0.1) is 0 Å². The van der Waals surface area contributed by atoms with Crippen LogP contribution in [0.1, 0.15) is 19.8 Å². The highest BCUT2D eigenvalue weighted by molar-refractivity contribution is 6.04. The van der Waals surface area contributed by atoms with E-state index in [9.17, 15) is 4.79 Å². The first-order valence-electron chi connectivity index (χ1n) is 6.16. The van der Waals surface area contributed by atoms with Crippen molar-refractivity contribution in [1.29, 1.82) is 0 Å². The smallest absolute Gasteiger partial charge is 0.181 e. The molecule has 1 aliphatic carbocycles.